The van der Waals surface area contributed by atoms with E-state index in [1.54, 1.807) is 0 Å². The Morgan fingerprint density at radius 3 is 2.24 bits per heavy atom. The van der Waals surface area contributed by atoms with Gasteiger partial charge in [0.05, 0.1) is 0 Å². The first kappa shape index (κ1) is 17.1. The molecule has 6 N–H and O–H groups in total. The molecule has 0 aliphatic heterocycles. The molecule has 8 nitrogen and oxygen atoms in total. The van der Waals surface area contributed by atoms with Crippen LogP contribution in [0, 0.1) is 5.92 Å². The van der Waals surface area contributed by atoms with E-state index in [0.29, 0.717) is 18.8 Å². The van der Waals surface area contributed by atoms with Crippen LogP contribution < -0.4 is 21.7 Å². The van der Waals surface area contributed by atoms with Gasteiger partial charge in [-0.1, -0.05) is 13.3 Å². The molecule has 0 spiro atoms. The summed E-state index contributed by atoms with van der Waals surface area (Å²) in [6.07, 6.45) is 3.50. The number of aliphatic carboxylic acids is 1. The average Bonchev–Trinajstić information content (AvgIpc) is 2.44. The van der Waals surface area contributed by atoms with Crippen molar-refractivity contribution in [2.75, 3.05) is 13.1 Å². The summed E-state index contributed by atoms with van der Waals surface area (Å²) in [4.78, 5) is 33.8. The van der Waals surface area contributed by atoms with Crippen molar-refractivity contribution in [2.45, 2.75) is 44.6 Å². The largest absolute Gasteiger partial charge is 0.480 e. The smallest absolute Gasteiger partial charge is 0.329 e. The molecular formula is C13H24N4O4. The van der Waals surface area contributed by atoms with Crippen molar-refractivity contribution in [3.05, 3.63) is 0 Å². The normalized spacial score (nSPS) is 24.9. The van der Waals surface area contributed by atoms with Gasteiger partial charge in [-0.2, -0.15) is 0 Å². The van der Waals surface area contributed by atoms with Gasteiger partial charge in [-0.15, -0.1) is 0 Å². The Kier molecular flexibility index (Phi) is 6.26. The molecule has 120 valence electrons. The van der Waals surface area contributed by atoms with Crippen molar-refractivity contribution in [1.82, 2.24) is 16.0 Å². The summed E-state index contributed by atoms with van der Waals surface area (Å²) in [7, 11) is 0. The van der Waals surface area contributed by atoms with Crippen molar-refractivity contribution >= 4 is 18.0 Å². The highest BCUT2D eigenvalue weighted by Crippen LogP contribution is 2.33. The number of carboxylic acids is 1. The highest BCUT2D eigenvalue weighted by atomic mass is 16.4. The lowest BCUT2D eigenvalue weighted by molar-refractivity contribution is -0.146. The van der Waals surface area contributed by atoms with Gasteiger partial charge in [0, 0.05) is 13.1 Å². The topological polar surface area (TPSA) is 134 Å². The minimum atomic E-state index is -1.19. The predicted molar refractivity (Wildman–Crippen MR) is 76.7 cm³/mol. The lowest BCUT2D eigenvalue weighted by Crippen LogP contribution is -2.59. The van der Waals surface area contributed by atoms with Gasteiger partial charge in [-0.05, 0) is 31.6 Å². The van der Waals surface area contributed by atoms with E-state index >= 15 is 0 Å². The van der Waals surface area contributed by atoms with Crippen molar-refractivity contribution in [3.8, 4) is 0 Å². The summed E-state index contributed by atoms with van der Waals surface area (Å²) >= 11 is 0. The van der Waals surface area contributed by atoms with Gasteiger partial charge in [0.1, 0.15) is 5.54 Å². The van der Waals surface area contributed by atoms with Crippen LogP contribution in [0.4, 0.5) is 9.59 Å². The number of urea groups is 2. The summed E-state index contributed by atoms with van der Waals surface area (Å²) in [5.74, 6) is -0.468. The lowest BCUT2D eigenvalue weighted by Gasteiger charge is -2.37. The molecule has 0 aromatic carbocycles. The fourth-order valence-electron chi connectivity index (χ4n) is 2.59. The Morgan fingerprint density at radius 1 is 1.19 bits per heavy atom. The maximum absolute atomic E-state index is 11.8. The third-order valence-electron chi connectivity index (χ3n) is 4.01. The van der Waals surface area contributed by atoms with Crippen LogP contribution in [-0.2, 0) is 4.79 Å². The summed E-state index contributed by atoms with van der Waals surface area (Å²) in [6, 6.07) is -1.21. The molecule has 0 atom stereocenters. The van der Waals surface area contributed by atoms with Crippen LogP contribution in [0.1, 0.15) is 39.0 Å². The minimum Gasteiger partial charge on any atom is -0.480 e. The van der Waals surface area contributed by atoms with Gasteiger partial charge < -0.3 is 26.8 Å². The first-order chi connectivity index (χ1) is 9.89. The van der Waals surface area contributed by atoms with Gasteiger partial charge in [-0.3, -0.25) is 0 Å². The van der Waals surface area contributed by atoms with Crippen molar-refractivity contribution in [3.63, 3.8) is 0 Å². The van der Waals surface area contributed by atoms with E-state index in [2.05, 4.69) is 22.9 Å². The molecule has 1 aliphatic carbocycles. The van der Waals surface area contributed by atoms with Crippen LogP contribution in [0.2, 0.25) is 0 Å². The molecule has 8 heteroatoms. The van der Waals surface area contributed by atoms with Gasteiger partial charge in [0.15, 0.2) is 0 Å². The molecule has 0 heterocycles. The highest BCUT2D eigenvalue weighted by molar-refractivity contribution is 5.86. The molecule has 1 rings (SSSR count). The molecule has 21 heavy (non-hydrogen) atoms. The van der Waals surface area contributed by atoms with Crippen LogP contribution in [-0.4, -0.2) is 41.8 Å². The van der Waals surface area contributed by atoms with E-state index in [1.807, 2.05) is 0 Å². The molecule has 1 fully saturated rings. The zero-order chi connectivity index (χ0) is 15.9. The highest BCUT2D eigenvalue weighted by Gasteiger charge is 2.42. The number of amides is 4. The minimum absolute atomic E-state index is 0.183. The SMILES string of the molecule is CCC1CCC(NC(=O)NCCNC(N)=O)(C(=O)O)CC1. The number of carbonyl (C=O) groups is 3. The molecule has 0 unspecified atom stereocenters. The number of carbonyl (C=O) groups excluding carboxylic acids is 2. The number of hydrogen-bond acceptors (Lipinski definition) is 3. The second-order valence-electron chi connectivity index (χ2n) is 5.41. The molecular weight excluding hydrogens is 276 g/mol. The summed E-state index contributed by atoms with van der Waals surface area (Å²) in [6.45, 7) is 2.47. The Hall–Kier alpha value is -1.99. The molecule has 4 amide bonds. The predicted octanol–water partition coefficient (Wildman–Crippen LogP) is 0.378. The molecule has 0 radical (unpaired) electrons. The van der Waals surface area contributed by atoms with E-state index in [-0.39, 0.29) is 13.1 Å². The summed E-state index contributed by atoms with van der Waals surface area (Å²) in [5.41, 5.74) is 3.70. The van der Waals surface area contributed by atoms with E-state index < -0.39 is 23.6 Å². The maximum Gasteiger partial charge on any atom is 0.329 e. The van der Waals surface area contributed by atoms with Crippen molar-refractivity contribution < 1.29 is 19.5 Å². The Balaban J connectivity index is 2.46. The fraction of sp³-hybridized carbons (Fsp3) is 0.769. The van der Waals surface area contributed by atoms with Crippen LogP contribution >= 0.6 is 0 Å². The third-order valence-corrected chi connectivity index (χ3v) is 4.01. The second kappa shape index (κ2) is 7.70. The quantitative estimate of drug-likeness (QED) is 0.453. The zero-order valence-electron chi connectivity index (χ0n) is 12.3. The van der Waals surface area contributed by atoms with E-state index in [4.69, 9.17) is 5.73 Å². The van der Waals surface area contributed by atoms with Crippen molar-refractivity contribution in [2.24, 2.45) is 11.7 Å². The van der Waals surface area contributed by atoms with Crippen LogP contribution in [0.3, 0.4) is 0 Å². The lowest BCUT2D eigenvalue weighted by atomic mass is 9.75. The number of hydrogen-bond donors (Lipinski definition) is 5. The van der Waals surface area contributed by atoms with Crippen LogP contribution in [0.15, 0.2) is 0 Å². The number of nitrogens with one attached hydrogen (secondary N) is 3. The van der Waals surface area contributed by atoms with E-state index in [1.165, 1.54) is 0 Å². The van der Waals surface area contributed by atoms with Crippen LogP contribution in [0.25, 0.3) is 0 Å². The Morgan fingerprint density at radius 2 is 1.76 bits per heavy atom. The molecule has 1 saturated carbocycles. The standard InChI is InChI=1S/C13H24N4O4/c1-2-9-3-5-13(6-4-9,10(18)19)17-12(21)16-8-7-15-11(14)20/h9H,2-8H2,1H3,(H,18,19)(H3,14,15,20)(H2,16,17,21). The average molecular weight is 300 g/mol. The van der Waals surface area contributed by atoms with E-state index in [9.17, 15) is 19.5 Å². The molecule has 0 aromatic rings. The summed E-state index contributed by atoms with van der Waals surface area (Å²) < 4.78 is 0. The molecule has 0 aromatic heterocycles. The number of primary amides is 1. The first-order valence-corrected chi connectivity index (χ1v) is 7.22. The molecule has 0 saturated heterocycles. The third kappa shape index (κ3) is 5.13. The molecule has 1 aliphatic rings. The monoisotopic (exact) mass is 300 g/mol. The molecule has 0 bridgehead atoms. The zero-order valence-corrected chi connectivity index (χ0v) is 12.3. The maximum atomic E-state index is 11.8. The van der Waals surface area contributed by atoms with Gasteiger partial charge in [0.25, 0.3) is 0 Å². The van der Waals surface area contributed by atoms with Crippen molar-refractivity contribution in [1.29, 1.82) is 0 Å². The summed E-state index contributed by atoms with van der Waals surface area (Å²) in [5, 5.41) is 16.8. The van der Waals surface area contributed by atoms with Gasteiger partial charge >= 0.3 is 18.0 Å². The Bertz CT molecular complexity index is 392. The second-order valence-corrected chi connectivity index (χ2v) is 5.41. The van der Waals surface area contributed by atoms with E-state index in [0.717, 1.165) is 19.3 Å². The fourth-order valence-corrected chi connectivity index (χ4v) is 2.59. The van der Waals surface area contributed by atoms with Gasteiger partial charge in [-0.25, -0.2) is 14.4 Å². The first-order valence-electron chi connectivity index (χ1n) is 7.22. The number of rotatable bonds is 6. The number of carboxylic acid groups (broad SMARTS) is 1. The van der Waals surface area contributed by atoms with Crippen LogP contribution in [0.5, 0.6) is 0 Å². The van der Waals surface area contributed by atoms with Gasteiger partial charge in [0.2, 0.25) is 0 Å². The number of nitrogens with two attached hydrogens (primary N) is 1. The Labute approximate surface area is 123 Å².